The molecule has 1 aromatic carbocycles. The molecule has 0 spiro atoms. The molecule has 0 saturated carbocycles. The number of carbonyl (C=O) groups excluding carboxylic acids is 1. The predicted molar refractivity (Wildman–Crippen MR) is 120 cm³/mol. The smallest absolute Gasteiger partial charge is 0.407 e. The number of aromatic nitrogens is 2. The predicted octanol–water partition coefficient (Wildman–Crippen LogP) is 4.13. The van der Waals surface area contributed by atoms with Gasteiger partial charge in [0.25, 0.3) is 10.0 Å². The van der Waals surface area contributed by atoms with Crippen LogP contribution in [0.3, 0.4) is 0 Å². The van der Waals surface area contributed by atoms with Crippen LogP contribution in [0, 0.1) is 5.41 Å². The van der Waals surface area contributed by atoms with Crippen molar-refractivity contribution in [2.75, 3.05) is 6.54 Å². The van der Waals surface area contributed by atoms with E-state index in [1.165, 1.54) is 35.6 Å². The molecule has 0 saturated heterocycles. The quantitative estimate of drug-likeness (QED) is 0.537. The maximum atomic E-state index is 13.4. The van der Waals surface area contributed by atoms with Crippen LogP contribution >= 0.6 is 0 Å². The number of carboxylic acid groups (broad SMARTS) is 1. The Labute approximate surface area is 187 Å². The van der Waals surface area contributed by atoms with Gasteiger partial charge in [0, 0.05) is 36.3 Å². The molecule has 0 aliphatic heterocycles. The van der Waals surface area contributed by atoms with Gasteiger partial charge >= 0.3 is 6.09 Å². The summed E-state index contributed by atoms with van der Waals surface area (Å²) in [5.41, 5.74) is 1.23. The molecule has 9 heteroatoms. The molecule has 0 radical (unpaired) electrons. The van der Waals surface area contributed by atoms with E-state index in [2.05, 4.69) is 4.98 Å². The van der Waals surface area contributed by atoms with Gasteiger partial charge in [0.2, 0.25) is 0 Å². The molecule has 1 N–H and O–H groups in total. The summed E-state index contributed by atoms with van der Waals surface area (Å²) in [4.78, 5) is 28.5. The fourth-order valence-electron chi connectivity index (χ4n) is 3.41. The van der Waals surface area contributed by atoms with Gasteiger partial charge in [-0.25, -0.2) is 17.2 Å². The summed E-state index contributed by atoms with van der Waals surface area (Å²) in [6.45, 7) is 6.04. The highest BCUT2D eigenvalue weighted by molar-refractivity contribution is 7.90. The van der Waals surface area contributed by atoms with Crippen molar-refractivity contribution in [3.05, 3.63) is 72.2 Å². The highest BCUT2D eigenvalue weighted by Gasteiger charge is 2.26. The zero-order chi connectivity index (χ0) is 23.5. The number of benzene rings is 1. The monoisotopic (exact) mass is 455 g/mol. The number of rotatable bonds is 7. The Kier molecular flexibility index (Phi) is 6.50. The first-order chi connectivity index (χ1) is 15.0. The second-order valence-electron chi connectivity index (χ2n) is 8.63. The van der Waals surface area contributed by atoms with Gasteiger partial charge in [0.05, 0.1) is 12.2 Å². The standard InChI is InChI=1S/C23H25N3O5S/c1-23(2,3)16-25(22(28)29)13-17-11-21(20-9-5-4-7-18(20)15-27)26(14-17)32(30,31)19-8-6-10-24-12-19/h4-12,14-15H,13,16H2,1-3H3,(H,28,29). The van der Waals surface area contributed by atoms with Crippen molar-refractivity contribution in [2.24, 2.45) is 5.41 Å². The number of pyridine rings is 1. The second kappa shape index (κ2) is 8.96. The third-order valence-electron chi connectivity index (χ3n) is 4.71. The first kappa shape index (κ1) is 23.2. The summed E-state index contributed by atoms with van der Waals surface area (Å²) < 4.78 is 27.9. The van der Waals surface area contributed by atoms with E-state index in [1.54, 1.807) is 30.3 Å². The molecule has 0 atom stereocenters. The fraction of sp³-hybridized carbons (Fsp3) is 0.261. The van der Waals surface area contributed by atoms with Crippen molar-refractivity contribution in [2.45, 2.75) is 32.2 Å². The van der Waals surface area contributed by atoms with Crippen molar-refractivity contribution in [3.63, 3.8) is 0 Å². The second-order valence-corrected chi connectivity index (χ2v) is 10.4. The van der Waals surface area contributed by atoms with Crippen LogP contribution in [0.15, 0.2) is 66.0 Å². The summed E-state index contributed by atoms with van der Waals surface area (Å²) in [6, 6.07) is 11.2. The first-order valence-corrected chi connectivity index (χ1v) is 11.4. The van der Waals surface area contributed by atoms with Crippen molar-refractivity contribution in [3.8, 4) is 11.3 Å². The SMILES string of the molecule is CC(C)(C)CN(Cc1cc(-c2ccccc2C=O)n(S(=O)(=O)c2cccnc2)c1)C(=O)O. The van der Waals surface area contributed by atoms with E-state index in [1.807, 2.05) is 20.8 Å². The average Bonchev–Trinajstić information content (AvgIpc) is 3.17. The maximum absolute atomic E-state index is 13.4. The van der Waals surface area contributed by atoms with E-state index in [0.717, 1.165) is 3.97 Å². The van der Waals surface area contributed by atoms with Gasteiger partial charge in [-0.3, -0.25) is 9.78 Å². The van der Waals surface area contributed by atoms with Crippen LogP contribution < -0.4 is 0 Å². The van der Waals surface area contributed by atoms with Gasteiger partial charge in [-0.2, -0.15) is 0 Å². The van der Waals surface area contributed by atoms with E-state index in [0.29, 0.717) is 23.0 Å². The van der Waals surface area contributed by atoms with E-state index in [9.17, 15) is 23.1 Å². The van der Waals surface area contributed by atoms with E-state index >= 15 is 0 Å². The normalized spacial score (nSPS) is 11.8. The molecule has 1 amide bonds. The van der Waals surface area contributed by atoms with Crippen LogP contribution in [-0.4, -0.2) is 46.3 Å². The summed E-state index contributed by atoms with van der Waals surface area (Å²) in [5, 5.41) is 9.66. The van der Waals surface area contributed by atoms with Crippen molar-refractivity contribution < 1.29 is 23.1 Å². The fourth-order valence-corrected chi connectivity index (χ4v) is 4.76. The number of hydrogen-bond donors (Lipinski definition) is 1. The summed E-state index contributed by atoms with van der Waals surface area (Å²) in [6.07, 6.45) is 3.68. The Bertz CT molecular complexity index is 1230. The van der Waals surface area contributed by atoms with Crippen LogP contribution in [0.2, 0.25) is 0 Å². The molecule has 168 valence electrons. The van der Waals surface area contributed by atoms with E-state index in [-0.39, 0.29) is 29.1 Å². The Balaban J connectivity index is 2.16. The number of carbonyl (C=O) groups is 2. The molecular formula is C23H25N3O5S. The topological polar surface area (TPSA) is 110 Å². The highest BCUT2D eigenvalue weighted by atomic mass is 32.2. The molecule has 0 unspecified atom stereocenters. The molecule has 0 fully saturated rings. The Morgan fingerprint density at radius 3 is 2.50 bits per heavy atom. The molecule has 3 aromatic rings. The Morgan fingerprint density at radius 1 is 1.19 bits per heavy atom. The zero-order valence-corrected chi connectivity index (χ0v) is 18.9. The van der Waals surface area contributed by atoms with Crippen molar-refractivity contribution in [1.82, 2.24) is 13.9 Å². The van der Waals surface area contributed by atoms with Gasteiger partial charge in [-0.15, -0.1) is 0 Å². The lowest BCUT2D eigenvalue weighted by molar-refractivity contribution is 0.112. The molecule has 32 heavy (non-hydrogen) atoms. The Hall–Kier alpha value is -3.46. The first-order valence-electron chi connectivity index (χ1n) is 9.92. The van der Waals surface area contributed by atoms with Gasteiger partial charge in [-0.05, 0) is 29.2 Å². The lowest BCUT2D eigenvalue weighted by Crippen LogP contribution is -2.36. The zero-order valence-electron chi connectivity index (χ0n) is 18.1. The molecular weight excluding hydrogens is 430 g/mol. The molecule has 0 bridgehead atoms. The van der Waals surface area contributed by atoms with Crippen molar-refractivity contribution in [1.29, 1.82) is 0 Å². The summed E-state index contributed by atoms with van der Waals surface area (Å²) in [5.74, 6) is 0. The number of nitrogens with zero attached hydrogens (tertiary/aromatic N) is 3. The minimum atomic E-state index is -4.04. The van der Waals surface area contributed by atoms with Crippen LogP contribution in [0.5, 0.6) is 0 Å². The number of amides is 1. The molecule has 3 rings (SSSR count). The molecule has 2 aromatic heterocycles. The van der Waals surface area contributed by atoms with Crippen LogP contribution in [0.25, 0.3) is 11.3 Å². The van der Waals surface area contributed by atoms with Gasteiger partial charge < -0.3 is 10.0 Å². The van der Waals surface area contributed by atoms with Crippen LogP contribution in [-0.2, 0) is 16.6 Å². The third kappa shape index (κ3) is 5.05. The highest BCUT2D eigenvalue weighted by Crippen LogP contribution is 2.30. The number of hydrogen-bond acceptors (Lipinski definition) is 5. The largest absolute Gasteiger partial charge is 0.465 e. The molecule has 0 aliphatic carbocycles. The van der Waals surface area contributed by atoms with Crippen LogP contribution in [0.4, 0.5) is 4.79 Å². The van der Waals surface area contributed by atoms with Gasteiger partial charge in [0.1, 0.15) is 4.90 Å². The lowest BCUT2D eigenvalue weighted by Gasteiger charge is -2.27. The maximum Gasteiger partial charge on any atom is 0.407 e. The van der Waals surface area contributed by atoms with Crippen molar-refractivity contribution >= 4 is 22.4 Å². The number of aldehydes is 1. The third-order valence-corrected chi connectivity index (χ3v) is 6.36. The van der Waals surface area contributed by atoms with Gasteiger partial charge in [-0.1, -0.05) is 45.0 Å². The minimum absolute atomic E-state index is 0.00157. The summed E-state index contributed by atoms with van der Waals surface area (Å²) in [7, 11) is -4.04. The molecule has 2 heterocycles. The minimum Gasteiger partial charge on any atom is -0.465 e. The molecule has 0 aliphatic rings. The Morgan fingerprint density at radius 2 is 1.91 bits per heavy atom. The van der Waals surface area contributed by atoms with Crippen LogP contribution in [0.1, 0.15) is 36.7 Å². The summed E-state index contributed by atoms with van der Waals surface area (Å²) >= 11 is 0. The van der Waals surface area contributed by atoms with Gasteiger partial charge in [0.15, 0.2) is 6.29 Å². The van der Waals surface area contributed by atoms with E-state index in [4.69, 9.17) is 0 Å². The average molecular weight is 456 g/mol. The van der Waals surface area contributed by atoms with E-state index < -0.39 is 16.1 Å². The molecule has 8 nitrogen and oxygen atoms in total. The lowest BCUT2D eigenvalue weighted by atomic mass is 9.96.